The van der Waals surface area contributed by atoms with Gasteiger partial charge in [0, 0.05) is 15.6 Å². The number of benzene rings is 2. The molecule has 9 heteroatoms. The summed E-state index contributed by atoms with van der Waals surface area (Å²) in [5, 5.41) is 14.1. The minimum absolute atomic E-state index is 0.465. The molecule has 0 saturated carbocycles. The van der Waals surface area contributed by atoms with E-state index < -0.39 is 0 Å². The minimum atomic E-state index is 0.465. The molecule has 2 heterocycles. The zero-order chi connectivity index (χ0) is 17.9. The van der Waals surface area contributed by atoms with Gasteiger partial charge in [0.25, 0.3) is 0 Å². The van der Waals surface area contributed by atoms with E-state index in [9.17, 15) is 0 Å². The fourth-order valence-electron chi connectivity index (χ4n) is 2.31. The van der Waals surface area contributed by atoms with E-state index in [1.165, 1.54) is 11.8 Å². The summed E-state index contributed by atoms with van der Waals surface area (Å²) < 4.78 is 7.17. The molecule has 6 nitrogen and oxygen atoms in total. The summed E-state index contributed by atoms with van der Waals surface area (Å²) in [6.45, 7) is 0. The second-order valence-corrected chi connectivity index (χ2v) is 7.09. The summed E-state index contributed by atoms with van der Waals surface area (Å²) in [5.41, 5.74) is 1.69. The molecule has 0 bridgehead atoms. The predicted molar refractivity (Wildman–Crippen MR) is 101 cm³/mol. The van der Waals surface area contributed by atoms with Crippen LogP contribution in [-0.4, -0.2) is 24.9 Å². The Bertz CT molecular complexity index is 1050. The highest BCUT2D eigenvalue weighted by Gasteiger charge is 2.13. The molecule has 0 aliphatic rings. The number of rotatable bonds is 5. The highest BCUT2D eigenvalue weighted by atomic mass is 35.5. The Morgan fingerprint density at radius 2 is 1.85 bits per heavy atom. The van der Waals surface area contributed by atoms with Gasteiger partial charge in [0.1, 0.15) is 6.33 Å². The lowest BCUT2D eigenvalue weighted by molar-refractivity contribution is 0.391. The van der Waals surface area contributed by atoms with Gasteiger partial charge in [-0.05, 0) is 30.3 Å². The van der Waals surface area contributed by atoms with E-state index in [0.29, 0.717) is 32.7 Å². The van der Waals surface area contributed by atoms with E-state index in [1.807, 2.05) is 41.0 Å². The van der Waals surface area contributed by atoms with E-state index in [2.05, 4.69) is 20.3 Å². The Kier molecular flexibility index (Phi) is 4.92. The highest BCUT2D eigenvalue weighted by Crippen LogP contribution is 2.26. The summed E-state index contributed by atoms with van der Waals surface area (Å²) in [7, 11) is 0. The highest BCUT2D eigenvalue weighted by molar-refractivity contribution is 7.98. The summed E-state index contributed by atoms with van der Waals surface area (Å²) in [4.78, 5) is 4.40. The molecular weight excluding hydrogens is 393 g/mol. The number of hydrogen-bond acceptors (Lipinski definition) is 6. The molecule has 0 N–H and O–H groups in total. The molecule has 0 fully saturated rings. The van der Waals surface area contributed by atoms with Gasteiger partial charge in [0.2, 0.25) is 11.7 Å². The van der Waals surface area contributed by atoms with Crippen molar-refractivity contribution in [1.82, 2.24) is 24.9 Å². The molecule has 0 radical (unpaired) electrons. The van der Waals surface area contributed by atoms with Crippen molar-refractivity contribution in [2.45, 2.75) is 10.9 Å². The van der Waals surface area contributed by atoms with E-state index >= 15 is 0 Å². The van der Waals surface area contributed by atoms with Crippen molar-refractivity contribution in [1.29, 1.82) is 0 Å². The van der Waals surface area contributed by atoms with Crippen LogP contribution in [0.2, 0.25) is 10.0 Å². The van der Waals surface area contributed by atoms with Gasteiger partial charge in [-0.1, -0.05) is 58.3 Å². The van der Waals surface area contributed by atoms with E-state index in [1.54, 1.807) is 18.5 Å². The topological polar surface area (TPSA) is 69.6 Å². The molecule has 26 heavy (non-hydrogen) atoms. The third-order valence-electron chi connectivity index (χ3n) is 3.48. The van der Waals surface area contributed by atoms with Gasteiger partial charge in [0.15, 0.2) is 5.16 Å². The van der Waals surface area contributed by atoms with Crippen molar-refractivity contribution >= 4 is 35.0 Å². The third kappa shape index (κ3) is 3.75. The summed E-state index contributed by atoms with van der Waals surface area (Å²) in [6, 6.07) is 14.8. The fraction of sp³-hybridized carbons (Fsp3) is 0.0588. The fourth-order valence-corrected chi connectivity index (χ4v) is 3.45. The zero-order valence-corrected chi connectivity index (χ0v) is 15.5. The first-order chi connectivity index (χ1) is 12.7. The minimum Gasteiger partial charge on any atom is -0.338 e. The summed E-state index contributed by atoms with van der Waals surface area (Å²) >= 11 is 13.5. The van der Waals surface area contributed by atoms with Crippen LogP contribution in [0.25, 0.3) is 17.1 Å². The van der Waals surface area contributed by atoms with Crippen LogP contribution in [-0.2, 0) is 5.75 Å². The van der Waals surface area contributed by atoms with Gasteiger partial charge in [-0.15, -0.1) is 10.2 Å². The number of aromatic nitrogens is 5. The smallest absolute Gasteiger partial charge is 0.237 e. The maximum absolute atomic E-state index is 6.06. The molecule has 0 atom stereocenters. The van der Waals surface area contributed by atoms with Crippen LogP contribution in [0.3, 0.4) is 0 Å². The van der Waals surface area contributed by atoms with Crippen LogP contribution >= 0.6 is 35.0 Å². The van der Waals surface area contributed by atoms with Crippen molar-refractivity contribution in [3.63, 3.8) is 0 Å². The lowest BCUT2D eigenvalue weighted by atomic mass is 10.2. The van der Waals surface area contributed by atoms with Crippen molar-refractivity contribution in [3.05, 3.63) is 70.8 Å². The Morgan fingerprint density at radius 1 is 1.04 bits per heavy atom. The monoisotopic (exact) mass is 403 g/mol. The van der Waals surface area contributed by atoms with E-state index in [-0.39, 0.29) is 0 Å². The normalized spacial score (nSPS) is 11.0. The SMILES string of the molecule is Clc1cccc(-c2noc(CSc3nncn3-c3cccc(Cl)c3)n2)c1. The van der Waals surface area contributed by atoms with Crippen molar-refractivity contribution < 1.29 is 4.52 Å². The summed E-state index contributed by atoms with van der Waals surface area (Å²) in [5.74, 6) is 1.46. The van der Waals surface area contributed by atoms with Crippen molar-refractivity contribution in [3.8, 4) is 17.1 Å². The first kappa shape index (κ1) is 17.1. The van der Waals surface area contributed by atoms with Crippen LogP contribution in [0.1, 0.15) is 5.89 Å². The molecule has 130 valence electrons. The Morgan fingerprint density at radius 3 is 2.65 bits per heavy atom. The lowest BCUT2D eigenvalue weighted by Crippen LogP contribution is -1.95. The number of nitrogens with zero attached hydrogens (tertiary/aromatic N) is 5. The Labute approximate surface area is 163 Å². The van der Waals surface area contributed by atoms with Gasteiger partial charge in [0.05, 0.1) is 11.4 Å². The van der Waals surface area contributed by atoms with Gasteiger partial charge in [-0.2, -0.15) is 4.98 Å². The first-order valence-corrected chi connectivity index (χ1v) is 9.30. The molecule has 0 unspecified atom stereocenters. The van der Waals surface area contributed by atoms with Crippen LogP contribution in [0.4, 0.5) is 0 Å². The molecule has 4 rings (SSSR count). The molecule has 2 aromatic heterocycles. The average Bonchev–Trinajstić information content (AvgIpc) is 3.29. The predicted octanol–water partition coefficient (Wildman–Crippen LogP) is 4.92. The second kappa shape index (κ2) is 7.49. The van der Waals surface area contributed by atoms with E-state index in [4.69, 9.17) is 27.7 Å². The Hall–Kier alpha value is -2.35. The number of hydrogen-bond donors (Lipinski definition) is 0. The third-order valence-corrected chi connectivity index (χ3v) is 4.88. The first-order valence-electron chi connectivity index (χ1n) is 7.56. The maximum Gasteiger partial charge on any atom is 0.237 e. The average molecular weight is 404 g/mol. The number of halogens is 2. The lowest BCUT2D eigenvalue weighted by Gasteiger charge is -2.05. The standard InChI is InChI=1S/C17H11Cl2N5OS/c18-12-4-1-3-11(7-12)16-21-15(25-23-16)9-26-17-22-20-10-24(17)14-6-2-5-13(19)8-14/h1-8,10H,9H2. The van der Waals surface area contributed by atoms with Crippen LogP contribution < -0.4 is 0 Å². The molecule has 0 spiro atoms. The summed E-state index contributed by atoms with van der Waals surface area (Å²) in [6.07, 6.45) is 1.64. The van der Waals surface area contributed by atoms with Gasteiger partial charge in [-0.25, -0.2) is 0 Å². The quantitative estimate of drug-likeness (QED) is 0.440. The van der Waals surface area contributed by atoms with Crippen molar-refractivity contribution in [2.75, 3.05) is 0 Å². The van der Waals surface area contributed by atoms with Crippen LogP contribution in [0.5, 0.6) is 0 Å². The zero-order valence-electron chi connectivity index (χ0n) is 13.2. The molecule has 4 aromatic rings. The van der Waals surface area contributed by atoms with Gasteiger partial charge >= 0.3 is 0 Å². The van der Waals surface area contributed by atoms with Gasteiger partial charge in [-0.3, -0.25) is 4.57 Å². The van der Waals surface area contributed by atoms with E-state index in [0.717, 1.165) is 11.3 Å². The van der Waals surface area contributed by atoms with Crippen LogP contribution in [0.15, 0.2) is 64.5 Å². The van der Waals surface area contributed by atoms with Gasteiger partial charge < -0.3 is 4.52 Å². The molecule has 0 aliphatic heterocycles. The molecular formula is C17H11Cl2N5OS. The van der Waals surface area contributed by atoms with Crippen LogP contribution in [0, 0.1) is 0 Å². The second-order valence-electron chi connectivity index (χ2n) is 5.27. The molecule has 0 aliphatic carbocycles. The van der Waals surface area contributed by atoms with Crippen molar-refractivity contribution in [2.24, 2.45) is 0 Å². The molecule has 0 amide bonds. The largest absolute Gasteiger partial charge is 0.338 e. The Balaban J connectivity index is 1.50. The molecule has 2 aromatic carbocycles. The number of thioether (sulfide) groups is 1. The molecule has 0 saturated heterocycles. The maximum atomic E-state index is 6.06.